The Hall–Kier alpha value is -1.87. The van der Waals surface area contributed by atoms with Gasteiger partial charge in [-0.15, -0.1) is 0 Å². The Bertz CT molecular complexity index is 542. The quantitative estimate of drug-likeness (QED) is 0.658. The van der Waals surface area contributed by atoms with Gasteiger partial charge in [-0.05, 0) is 12.1 Å². The van der Waals surface area contributed by atoms with Crippen molar-refractivity contribution in [2.24, 2.45) is 0 Å². The molecule has 21 heavy (non-hydrogen) atoms. The number of ether oxygens (including phenoxy) is 1. The molecule has 0 amide bonds. The van der Waals surface area contributed by atoms with Crippen LogP contribution in [0.5, 0.6) is 0 Å². The van der Waals surface area contributed by atoms with Gasteiger partial charge in [-0.25, -0.2) is 0 Å². The molecule has 1 aromatic carbocycles. The first-order valence-electron chi connectivity index (χ1n) is 6.11. The highest BCUT2D eigenvalue weighted by Gasteiger charge is 2.35. The summed E-state index contributed by atoms with van der Waals surface area (Å²) >= 11 is 0. The molecular formula is C12H13F3N2O4. The molecule has 0 aliphatic carbocycles. The highest BCUT2D eigenvalue weighted by atomic mass is 19.4. The minimum atomic E-state index is -4.65. The second-order valence-electron chi connectivity index (χ2n) is 4.87. The topological polar surface area (TPSA) is 84.6 Å². The van der Waals surface area contributed by atoms with Gasteiger partial charge in [0, 0.05) is 25.6 Å². The van der Waals surface area contributed by atoms with E-state index in [1.165, 1.54) is 0 Å². The Morgan fingerprint density at radius 1 is 1.48 bits per heavy atom. The van der Waals surface area contributed by atoms with Crippen LogP contribution >= 0.6 is 0 Å². The highest BCUT2D eigenvalue weighted by Crippen LogP contribution is 2.35. The van der Waals surface area contributed by atoms with Gasteiger partial charge in [-0.2, -0.15) is 13.2 Å². The van der Waals surface area contributed by atoms with E-state index in [1.807, 2.05) is 0 Å². The van der Waals surface area contributed by atoms with Gasteiger partial charge in [-0.3, -0.25) is 10.1 Å². The Balaban J connectivity index is 2.21. The maximum atomic E-state index is 12.6. The maximum Gasteiger partial charge on any atom is 0.416 e. The minimum absolute atomic E-state index is 0.0425. The molecule has 2 rings (SSSR count). The standard InChI is InChI=1S/C12H13F3N2O4/c13-12(14,15)8-1-2-9(10(5-8)17(19)20)16-6-11(18)3-4-21-7-11/h1-2,5,16,18H,3-4,6-7H2. The summed E-state index contributed by atoms with van der Waals surface area (Å²) in [5.74, 6) is 0. The molecule has 0 bridgehead atoms. The van der Waals surface area contributed by atoms with Gasteiger partial charge in [-0.1, -0.05) is 0 Å². The van der Waals surface area contributed by atoms with Gasteiger partial charge in [0.1, 0.15) is 11.3 Å². The number of rotatable bonds is 4. The number of nitrogens with one attached hydrogen (secondary N) is 1. The molecular weight excluding hydrogens is 293 g/mol. The zero-order valence-electron chi connectivity index (χ0n) is 10.8. The summed E-state index contributed by atoms with van der Waals surface area (Å²) in [6, 6.07) is 2.21. The molecule has 1 fully saturated rings. The number of hydrogen-bond donors (Lipinski definition) is 2. The van der Waals surface area contributed by atoms with E-state index in [1.54, 1.807) is 0 Å². The first-order chi connectivity index (χ1) is 9.71. The second-order valence-corrected chi connectivity index (χ2v) is 4.87. The van der Waals surface area contributed by atoms with Crippen molar-refractivity contribution in [3.05, 3.63) is 33.9 Å². The van der Waals surface area contributed by atoms with Crippen LogP contribution in [0.4, 0.5) is 24.5 Å². The normalized spacial score (nSPS) is 22.3. The van der Waals surface area contributed by atoms with E-state index in [0.717, 1.165) is 12.1 Å². The zero-order chi connectivity index (χ0) is 15.7. The summed E-state index contributed by atoms with van der Waals surface area (Å²) in [6.07, 6.45) is -4.30. The zero-order valence-corrected chi connectivity index (χ0v) is 10.8. The molecule has 1 aromatic rings. The van der Waals surface area contributed by atoms with Gasteiger partial charge < -0.3 is 15.2 Å². The lowest BCUT2D eigenvalue weighted by Crippen LogP contribution is -2.37. The number of nitrogens with zero attached hydrogens (tertiary/aromatic N) is 1. The molecule has 1 atom stereocenters. The highest BCUT2D eigenvalue weighted by molar-refractivity contribution is 5.63. The predicted molar refractivity (Wildman–Crippen MR) is 67.0 cm³/mol. The van der Waals surface area contributed by atoms with Crippen LogP contribution in [0.2, 0.25) is 0 Å². The van der Waals surface area contributed by atoms with Crippen molar-refractivity contribution < 1.29 is 27.9 Å². The molecule has 0 aromatic heterocycles. The molecule has 1 heterocycles. The molecule has 1 saturated heterocycles. The second kappa shape index (κ2) is 5.49. The van der Waals surface area contributed by atoms with Gasteiger partial charge in [0.2, 0.25) is 0 Å². The molecule has 116 valence electrons. The smallest absolute Gasteiger partial charge is 0.386 e. The van der Waals surface area contributed by atoms with Crippen LogP contribution in [0.3, 0.4) is 0 Å². The van der Waals surface area contributed by atoms with Crippen molar-refractivity contribution in [2.45, 2.75) is 18.2 Å². The molecule has 1 aliphatic rings. The molecule has 0 saturated carbocycles. The number of nitro groups is 1. The summed E-state index contributed by atoms with van der Waals surface area (Å²) in [4.78, 5) is 9.99. The fraction of sp³-hybridized carbons (Fsp3) is 0.500. The first-order valence-corrected chi connectivity index (χ1v) is 6.11. The molecule has 0 radical (unpaired) electrons. The Labute approximate surface area is 117 Å². The van der Waals surface area contributed by atoms with Crippen LogP contribution in [-0.4, -0.2) is 35.4 Å². The minimum Gasteiger partial charge on any atom is -0.386 e. The van der Waals surface area contributed by atoms with Gasteiger partial charge in [0.15, 0.2) is 0 Å². The van der Waals surface area contributed by atoms with E-state index in [9.17, 15) is 28.4 Å². The molecule has 1 unspecified atom stereocenters. The Kier molecular flexibility index (Phi) is 4.06. The largest absolute Gasteiger partial charge is 0.416 e. The molecule has 9 heteroatoms. The summed E-state index contributed by atoms with van der Waals surface area (Å²) in [6.45, 7) is 0.404. The van der Waals surface area contributed by atoms with Crippen molar-refractivity contribution in [3.8, 4) is 0 Å². The molecule has 6 nitrogen and oxygen atoms in total. The molecule has 1 aliphatic heterocycles. The van der Waals surface area contributed by atoms with E-state index < -0.39 is 28.0 Å². The predicted octanol–water partition coefficient (Wildman–Crippen LogP) is 2.18. The summed E-state index contributed by atoms with van der Waals surface area (Å²) in [7, 11) is 0. The molecule has 2 N–H and O–H groups in total. The van der Waals surface area contributed by atoms with Gasteiger partial charge in [0.05, 0.1) is 17.1 Å². The lowest BCUT2D eigenvalue weighted by Gasteiger charge is -2.21. The van der Waals surface area contributed by atoms with Gasteiger partial charge in [0.25, 0.3) is 5.69 Å². The van der Waals surface area contributed by atoms with Crippen LogP contribution in [0.15, 0.2) is 18.2 Å². The van der Waals surface area contributed by atoms with Crippen LogP contribution in [0.25, 0.3) is 0 Å². The van der Waals surface area contributed by atoms with Crippen molar-refractivity contribution in [3.63, 3.8) is 0 Å². The number of aliphatic hydroxyl groups is 1. The fourth-order valence-corrected chi connectivity index (χ4v) is 2.00. The monoisotopic (exact) mass is 306 g/mol. The van der Waals surface area contributed by atoms with E-state index in [4.69, 9.17) is 4.74 Å². The van der Waals surface area contributed by atoms with Crippen LogP contribution in [0.1, 0.15) is 12.0 Å². The summed E-state index contributed by atoms with van der Waals surface area (Å²) < 4.78 is 42.7. The molecule has 0 spiro atoms. The number of benzene rings is 1. The average molecular weight is 306 g/mol. The van der Waals surface area contributed by atoms with Crippen LogP contribution < -0.4 is 5.32 Å². The van der Waals surface area contributed by atoms with E-state index in [2.05, 4.69) is 5.32 Å². The number of anilines is 1. The first kappa shape index (κ1) is 15.5. The van der Waals surface area contributed by atoms with E-state index in [0.29, 0.717) is 19.1 Å². The van der Waals surface area contributed by atoms with Crippen molar-refractivity contribution in [1.29, 1.82) is 0 Å². The summed E-state index contributed by atoms with van der Waals surface area (Å²) in [5.41, 5.74) is -3.03. The Morgan fingerprint density at radius 2 is 2.19 bits per heavy atom. The number of halogens is 3. The van der Waals surface area contributed by atoms with E-state index >= 15 is 0 Å². The lowest BCUT2D eigenvalue weighted by atomic mass is 10.0. The van der Waals surface area contributed by atoms with Crippen molar-refractivity contribution in [1.82, 2.24) is 0 Å². The van der Waals surface area contributed by atoms with Crippen LogP contribution in [0, 0.1) is 10.1 Å². The summed E-state index contributed by atoms with van der Waals surface area (Å²) in [5, 5.41) is 23.5. The SMILES string of the molecule is O=[N+]([O-])c1cc(C(F)(F)F)ccc1NCC1(O)CCOC1. The number of alkyl halides is 3. The lowest BCUT2D eigenvalue weighted by molar-refractivity contribution is -0.384. The van der Waals surface area contributed by atoms with Gasteiger partial charge >= 0.3 is 6.18 Å². The Morgan fingerprint density at radius 3 is 2.71 bits per heavy atom. The third-order valence-corrected chi connectivity index (χ3v) is 3.21. The average Bonchev–Trinajstić information content (AvgIpc) is 2.82. The third kappa shape index (κ3) is 3.61. The number of hydrogen-bond acceptors (Lipinski definition) is 5. The van der Waals surface area contributed by atoms with E-state index in [-0.39, 0.29) is 18.8 Å². The maximum absolute atomic E-state index is 12.6. The third-order valence-electron chi connectivity index (χ3n) is 3.21. The number of nitro benzene ring substituents is 1. The van der Waals surface area contributed by atoms with Crippen molar-refractivity contribution >= 4 is 11.4 Å². The van der Waals surface area contributed by atoms with Crippen molar-refractivity contribution in [2.75, 3.05) is 25.1 Å². The van der Waals surface area contributed by atoms with Crippen LogP contribution in [-0.2, 0) is 10.9 Å². The fourth-order valence-electron chi connectivity index (χ4n) is 2.00.